The van der Waals surface area contributed by atoms with E-state index in [-0.39, 0.29) is 6.29 Å². The maximum absolute atomic E-state index is 12.3. The Hall–Kier alpha value is -1.33. The molecule has 1 aromatic rings. The summed E-state index contributed by atoms with van der Waals surface area (Å²) in [6.45, 7) is 0. The van der Waals surface area contributed by atoms with Gasteiger partial charge in [0.25, 0.3) is 6.43 Å². The van der Waals surface area contributed by atoms with Crippen LogP contribution in [0.3, 0.4) is 0 Å². The van der Waals surface area contributed by atoms with Crippen LogP contribution >= 0.6 is 0 Å². The standard InChI is InChI=1S/C5H3F3N2O/c6-4(7)3-2(1-11)5(8)10-9-3/h1,4H,(H,9,10). The minimum Gasteiger partial charge on any atom is -0.298 e. The van der Waals surface area contributed by atoms with Crippen LogP contribution in [0.15, 0.2) is 0 Å². The van der Waals surface area contributed by atoms with E-state index < -0.39 is 23.6 Å². The molecule has 0 aliphatic carbocycles. The third-order valence-corrected chi connectivity index (χ3v) is 1.12. The third kappa shape index (κ3) is 1.24. The number of nitrogens with zero attached hydrogens (tertiary/aromatic N) is 1. The van der Waals surface area contributed by atoms with Crippen LogP contribution in [0.4, 0.5) is 13.2 Å². The molecule has 0 spiro atoms. The summed E-state index contributed by atoms with van der Waals surface area (Å²) in [5.41, 5.74) is -1.49. The lowest BCUT2D eigenvalue weighted by atomic mass is 10.3. The first kappa shape index (κ1) is 7.77. The van der Waals surface area contributed by atoms with Gasteiger partial charge in [-0.3, -0.25) is 9.89 Å². The summed E-state index contributed by atoms with van der Waals surface area (Å²) in [6, 6.07) is 0. The number of hydrogen-bond acceptors (Lipinski definition) is 2. The van der Waals surface area contributed by atoms with Gasteiger partial charge in [0.15, 0.2) is 6.29 Å². The number of halogens is 3. The summed E-state index contributed by atoms with van der Waals surface area (Å²) in [5, 5.41) is 4.52. The van der Waals surface area contributed by atoms with Gasteiger partial charge in [-0.25, -0.2) is 8.78 Å². The highest BCUT2D eigenvalue weighted by Crippen LogP contribution is 2.20. The van der Waals surface area contributed by atoms with Crippen LogP contribution in [0.2, 0.25) is 0 Å². The van der Waals surface area contributed by atoms with Crippen molar-refractivity contribution in [1.29, 1.82) is 0 Å². The molecular formula is C5H3F3N2O. The van der Waals surface area contributed by atoms with Gasteiger partial charge >= 0.3 is 0 Å². The summed E-state index contributed by atoms with van der Waals surface area (Å²) in [5.74, 6) is -1.20. The highest BCUT2D eigenvalue weighted by molar-refractivity contribution is 5.76. The van der Waals surface area contributed by atoms with Crippen LogP contribution in [0.5, 0.6) is 0 Å². The molecule has 60 valence electrons. The molecule has 1 rings (SSSR count). The van der Waals surface area contributed by atoms with E-state index in [2.05, 4.69) is 5.10 Å². The van der Waals surface area contributed by atoms with Gasteiger partial charge in [-0.05, 0) is 0 Å². The zero-order chi connectivity index (χ0) is 8.43. The SMILES string of the molecule is O=Cc1c(F)n[nH]c1C(F)F. The number of H-pyrrole nitrogens is 1. The van der Waals surface area contributed by atoms with Gasteiger partial charge < -0.3 is 0 Å². The number of aromatic nitrogens is 2. The van der Waals surface area contributed by atoms with Gasteiger partial charge in [0.1, 0.15) is 5.69 Å². The Bertz CT molecular complexity index is 271. The quantitative estimate of drug-likeness (QED) is 0.669. The first-order chi connectivity index (χ1) is 5.16. The number of alkyl halides is 2. The molecule has 1 heterocycles. The van der Waals surface area contributed by atoms with Crippen molar-refractivity contribution in [3.63, 3.8) is 0 Å². The maximum atomic E-state index is 12.3. The van der Waals surface area contributed by atoms with Gasteiger partial charge in [-0.15, -0.1) is 5.10 Å². The summed E-state index contributed by atoms with van der Waals surface area (Å²) in [6.07, 6.45) is -2.91. The second-order valence-electron chi connectivity index (χ2n) is 1.76. The number of rotatable bonds is 2. The molecule has 0 aliphatic rings. The molecule has 0 fully saturated rings. The van der Waals surface area contributed by atoms with Crippen LogP contribution in [-0.4, -0.2) is 16.5 Å². The topological polar surface area (TPSA) is 45.8 Å². The van der Waals surface area contributed by atoms with E-state index in [1.54, 1.807) is 5.10 Å². The van der Waals surface area contributed by atoms with Gasteiger partial charge in [0, 0.05) is 0 Å². The highest BCUT2D eigenvalue weighted by Gasteiger charge is 2.19. The first-order valence-corrected chi connectivity index (χ1v) is 2.64. The zero-order valence-electron chi connectivity index (χ0n) is 5.14. The van der Waals surface area contributed by atoms with Crippen LogP contribution in [0.25, 0.3) is 0 Å². The molecule has 0 atom stereocenters. The van der Waals surface area contributed by atoms with Crippen LogP contribution in [0.1, 0.15) is 22.5 Å². The van der Waals surface area contributed by atoms with Crippen molar-refractivity contribution in [3.8, 4) is 0 Å². The Morgan fingerprint density at radius 1 is 1.55 bits per heavy atom. The predicted molar refractivity (Wildman–Crippen MR) is 28.9 cm³/mol. The molecule has 0 bridgehead atoms. The van der Waals surface area contributed by atoms with Crippen molar-refractivity contribution in [2.75, 3.05) is 0 Å². The Kier molecular flexibility index (Phi) is 1.93. The molecule has 3 nitrogen and oxygen atoms in total. The van der Waals surface area contributed by atoms with Gasteiger partial charge in [-0.1, -0.05) is 0 Å². The molecule has 0 aromatic carbocycles. The Balaban J connectivity index is 3.15. The fraction of sp³-hybridized carbons (Fsp3) is 0.200. The lowest BCUT2D eigenvalue weighted by Crippen LogP contribution is -1.91. The Morgan fingerprint density at radius 3 is 2.55 bits per heavy atom. The molecule has 1 N–H and O–H groups in total. The summed E-state index contributed by atoms with van der Waals surface area (Å²) in [7, 11) is 0. The molecule has 6 heteroatoms. The average Bonchev–Trinajstić information content (AvgIpc) is 2.30. The van der Waals surface area contributed by atoms with Crippen molar-refractivity contribution in [3.05, 3.63) is 17.2 Å². The molecule has 0 radical (unpaired) electrons. The number of aromatic amines is 1. The van der Waals surface area contributed by atoms with E-state index in [9.17, 15) is 18.0 Å². The van der Waals surface area contributed by atoms with E-state index in [1.807, 2.05) is 0 Å². The van der Waals surface area contributed by atoms with E-state index in [4.69, 9.17) is 0 Å². The molecular weight excluding hydrogens is 161 g/mol. The minimum atomic E-state index is -2.91. The number of carbonyl (C=O) groups is 1. The van der Waals surface area contributed by atoms with Gasteiger partial charge in [-0.2, -0.15) is 4.39 Å². The summed E-state index contributed by atoms with van der Waals surface area (Å²) in [4.78, 5) is 9.98. The molecule has 11 heavy (non-hydrogen) atoms. The lowest BCUT2D eigenvalue weighted by Gasteiger charge is -1.92. The Morgan fingerprint density at radius 2 is 2.18 bits per heavy atom. The average molecular weight is 164 g/mol. The number of aldehydes is 1. The van der Waals surface area contributed by atoms with Crippen molar-refractivity contribution in [2.24, 2.45) is 0 Å². The smallest absolute Gasteiger partial charge is 0.280 e. The largest absolute Gasteiger partial charge is 0.298 e. The maximum Gasteiger partial charge on any atom is 0.280 e. The third-order valence-electron chi connectivity index (χ3n) is 1.12. The fourth-order valence-electron chi connectivity index (χ4n) is 0.619. The number of hydrogen-bond donors (Lipinski definition) is 1. The number of nitrogens with one attached hydrogen (secondary N) is 1. The zero-order valence-corrected chi connectivity index (χ0v) is 5.14. The molecule has 1 aromatic heterocycles. The van der Waals surface area contributed by atoms with Crippen LogP contribution in [0, 0.1) is 5.95 Å². The summed E-state index contributed by atoms with van der Waals surface area (Å²) < 4.78 is 35.9. The molecule has 0 saturated heterocycles. The Labute approximate surface area is 59.2 Å². The van der Waals surface area contributed by atoms with Crippen LogP contribution in [-0.2, 0) is 0 Å². The van der Waals surface area contributed by atoms with E-state index in [0.29, 0.717) is 0 Å². The number of carbonyl (C=O) groups excluding carboxylic acids is 1. The highest BCUT2D eigenvalue weighted by atomic mass is 19.3. The van der Waals surface area contributed by atoms with Crippen molar-refractivity contribution in [1.82, 2.24) is 10.2 Å². The first-order valence-electron chi connectivity index (χ1n) is 2.64. The second kappa shape index (κ2) is 2.73. The van der Waals surface area contributed by atoms with Gasteiger partial charge in [0.2, 0.25) is 5.95 Å². The van der Waals surface area contributed by atoms with E-state index in [1.165, 1.54) is 0 Å². The predicted octanol–water partition coefficient (Wildman–Crippen LogP) is 1.30. The minimum absolute atomic E-state index is 0.000324. The van der Waals surface area contributed by atoms with Crippen LogP contribution < -0.4 is 0 Å². The molecule has 0 unspecified atom stereocenters. The monoisotopic (exact) mass is 164 g/mol. The second-order valence-corrected chi connectivity index (χ2v) is 1.76. The lowest BCUT2D eigenvalue weighted by molar-refractivity contribution is 0.110. The van der Waals surface area contributed by atoms with Gasteiger partial charge in [0.05, 0.1) is 5.56 Å². The van der Waals surface area contributed by atoms with Crippen molar-refractivity contribution in [2.45, 2.75) is 6.43 Å². The van der Waals surface area contributed by atoms with E-state index >= 15 is 0 Å². The molecule has 0 amide bonds. The normalized spacial score (nSPS) is 10.5. The van der Waals surface area contributed by atoms with Crippen molar-refractivity contribution < 1.29 is 18.0 Å². The molecule has 0 aliphatic heterocycles. The molecule has 0 saturated carbocycles. The van der Waals surface area contributed by atoms with Crippen molar-refractivity contribution >= 4 is 6.29 Å². The fourth-order valence-corrected chi connectivity index (χ4v) is 0.619. The summed E-state index contributed by atoms with van der Waals surface area (Å²) >= 11 is 0. The van der Waals surface area contributed by atoms with E-state index in [0.717, 1.165) is 0 Å².